The van der Waals surface area contributed by atoms with Crippen LogP contribution in [0.25, 0.3) is 10.6 Å². The number of thiazole rings is 1. The zero-order chi connectivity index (χ0) is 12.7. The standard InChI is InChI=1S/C13H12Cl2N2S/c14-7-3-1-4-8(15)11(7)13-17-10-6-2-5-9(16)12(10)18-13/h1,3-4,9H,2,5-6,16H2. The number of aryl methyl sites for hydroxylation is 1. The van der Waals surface area contributed by atoms with E-state index in [2.05, 4.69) is 4.98 Å². The minimum Gasteiger partial charge on any atom is -0.323 e. The van der Waals surface area contributed by atoms with Crippen LogP contribution in [0.15, 0.2) is 18.2 Å². The van der Waals surface area contributed by atoms with Crippen LogP contribution < -0.4 is 5.73 Å². The normalized spacial score (nSPS) is 18.7. The minimum atomic E-state index is 0.112. The average molecular weight is 299 g/mol. The summed E-state index contributed by atoms with van der Waals surface area (Å²) in [6.07, 6.45) is 3.14. The molecule has 1 aliphatic rings. The Hall–Kier alpha value is -0.610. The highest BCUT2D eigenvalue weighted by Crippen LogP contribution is 2.41. The van der Waals surface area contributed by atoms with Crippen LogP contribution in [-0.2, 0) is 6.42 Å². The summed E-state index contributed by atoms with van der Waals surface area (Å²) in [5.41, 5.74) is 8.06. The topological polar surface area (TPSA) is 38.9 Å². The molecule has 1 unspecified atom stereocenters. The van der Waals surface area contributed by atoms with Gasteiger partial charge in [-0.1, -0.05) is 29.3 Å². The molecule has 1 aromatic heterocycles. The second kappa shape index (κ2) is 4.82. The predicted octanol–water partition coefficient (Wildman–Crippen LogP) is 4.45. The van der Waals surface area contributed by atoms with Gasteiger partial charge in [-0.2, -0.15) is 0 Å². The van der Waals surface area contributed by atoms with Crippen molar-refractivity contribution in [1.29, 1.82) is 0 Å². The molecule has 0 radical (unpaired) electrons. The van der Waals surface area contributed by atoms with Gasteiger partial charge >= 0.3 is 0 Å². The van der Waals surface area contributed by atoms with E-state index in [0.717, 1.165) is 35.5 Å². The summed E-state index contributed by atoms with van der Waals surface area (Å²) in [5.74, 6) is 0. The Labute approximate surface area is 120 Å². The van der Waals surface area contributed by atoms with Gasteiger partial charge in [0.15, 0.2) is 0 Å². The molecule has 18 heavy (non-hydrogen) atoms. The lowest BCUT2D eigenvalue weighted by molar-refractivity contribution is 0.573. The molecule has 0 fully saturated rings. The van der Waals surface area contributed by atoms with Crippen molar-refractivity contribution in [2.24, 2.45) is 5.73 Å². The molecule has 2 N–H and O–H groups in total. The third kappa shape index (κ3) is 2.05. The van der Waals surface area contributed by atoms with Crippen molar-refractivity contribution < 1.29 is 0 Å². The van der Waals surface area contributed by atoms with Gasteiger partial charge in [-0.25, -0.2) is 4.98 Å². The maximum absolute atomic E-state index is 6.22. The summed E-state index contributed by atoms with van der Waals surface area (Å²) in [4.78, 5) is 5.85. The molecule has 3 rings (SSSR count). The molecule has 2 aromatic rings. The van der Waals surface area contributed by atoms with E-state index in [-0.39, 0.29) is 6.04 Å². The molecule has 0 amide bonds. The fourth-order valence-electron chi connectivity index (χ4n) is 2.26. The SMILES string of the molecule is NC1CCCc2nc(-c3c(Cl)cccc3Cl)sc21. The molecule has 0 aliphatic heterocycles. The number of nitrogens with zero attached hydrogens (tertiary/aromatic N) is 1. The Bertz CT molecular complexity index is 574. The molecule has 0 bridgehead atoms. The number of halogens is 2. The van der Waals surface area contributed by atoms with E-state index in [4.69, 9.17) is 28.9 Å². The lowest BCUT2D eigenvalue weighted by Gasteiger charge is -2.15. The Balaban J connectivity index is 2.13. The van der Waals surface area contributed by atoms with Crippen LogP contribution in [0.1, 0.15) is 29.5 Å². The Morgan fingerprint density at radius 2 is 2.00 bits per heavy atom. The highest BCUT2D eigenvalue weighted by atomic mass is 35.5. The molecule has 94 valence electrons. The zero-order valence-electron chi connectivity index (χ0n) is 9.62. The van der Waals surface area contributed by atoms with Gasteiger partial charge in [0.1, 0.15) is 5.01 Å². The van der Waals surface area contributed by atoms with Gasteiger partial charge in [0.2, 0.25) is 0 Å². The van der Waals surface area contributed by atoms with Gasteiger partial charge in [-0.05, 0) is 31.4 Å². The number of hydrogen-bond acceptors (Lipinski definition) is 3. The molecule has 1 atom stereocenters. The number of aromatic nitrogens is 1. The Morgan fingerprint density at radius 1 is 1.28 bits per heavy atom. The molecule has 5 heteroatoms. The quantitative estimate of drug-likeness (QED) is 0.844. The Morgan fingerprint density at radius 3 is 2.67 bits per heavy atom. The molecule has 1 aromatic carbocycles. The van der Waals surface area contributed by atoms with Crippen molar-refractivity contribution in [3.05, 3.63) is 38.8 Å². The Kier molecular flexibility index (Phi) is 3.32. The molecule has 1 aliphatic carbocycles. The largest absolute Gasteiger partial charge is 0.323 e. The maximum Gasteiger partial charge on any atom is 0.126 e. The van der Waals surface area contributed by atoms with E-state index in [0.29, 0.717) is 10.0 Å². The molecule has 0 saturated carbocycles. The summed E-state index contributed by atoms with van der Waals surface area (Å²) in [6.45, 7) is 0. The zero-order valence-corrected chi connectivity index (χ0v) is 11.9. The molecule has 1 heterocycles. The first kappa shape index (κ1) is 12.4. The lowest BCUT2D eigenvalue weighted by Crippen LogP contribution is -2.15. The molecule has 0 spiro atoms. The third-order valence-electron chi connectivity index (χ3n) is 3.17. The van der Waals surface area contributed by atoms with Crippen molar-refractivity contribution in [1.82, 2.24) is 4.98 Å². The monoisotopic (exact) mass is 298 g/mol. The summed E-state index contributed by atoms with van der Waals surface area (Å²) >= 11 is 14.0. The van der Waals surface area contributed by atoms with E-state index in [9.17, 15) is 0 Å². The van der Waals surface area contributed by atoms with E-state index in [1.807, 2.05) is 18.2 Å². The molecular weight excluding hydrogens is 287 g/mol. The van der Waals surface area contributed by atoms with Gasteiger partial charge in [-0.3, -0.25) is 0 Å². The van der Waals surface area contributed by atoms with Gasteiger partial charge in [0.25, 0.3) is 0 Å². The number of nitrogens with two attached hydrogens (primary N) is 1. The minimum absolute atomic E-state index is 0.112. The maximum atomic E-state index is 6.22. The first-order chi connectivity index (χ1) is 8.66. The fourth-order valence-corrected chi connectivity index (χ4v) is 4.17. The summed E-state index contributed by atoms with van der Waals surface area (Å²) in [7, 11) is 0. The van der Waals surface area contributed by atoms with Crippen molar-refractivity contribution in [2.45, 2.75) is 25.3 Å². The van der Waals surface area contributed by atoms with Crippen LogP contribution >= 0.6 is 34.5 Å². The van der Waals surface area contributed by atoms with Crippen LogP contribution in [0.5, 0.6) is 0 Å². The van der Waals surface area contributed by atoms with E-state index in [1.165, 1.54) is 4.88 Å². The van der Waals surface area contributed by atoms with Crippen LogP contribution in [0.4, 0.5) is 0 Å². The van der Waals surface area contributed by atoms with Gasteiger partial charge in [0, 0.05) is 16.5 Å². The third-order valence-corrected chi connectivity index (χ3v) is 5.05. The lowest BCUT2D eigenvalue weighted by atomic mass is 9.99. The molecule has 0 saturated heterocycles. The van der Waals surface area contributed by atoms with E-state index in [1.54, 1.807) is 11.3 Å². The second-order valence-electron chi connectivity index (χ2n) is 4.43. The summed E-state index contributed by atoms with van der Waals surface area (Å²) in [6, 6.07) is 5.63. The first-order valence-electron chi connectivity index (χ1n) is 5.86. The van der Waals surface area contributed by atoms with Crippen LogP contribution in [0.2, 0.25) is 10.0 Å². The number of fused-ring (bicyclic) bond motifs is 1. The fraction of sp³-hybridized carbons (Fsp3) is 0.308. The highest BCUT2D eigenvalue weighted by Gasteiger charge is 2.23. The number of rotatable bonds is 1. The van der Waals surface area contributed by atoms with Crippen molar-refractivity contribution in [3.63, 3.8) is 0 Å². The van der Waals surface area contributed by atoms with E-state index >= 15 is 0 Å². The summed E-state index contributed by atoms with van der Waals surface area (Å²) in [5, 5.41) is 2.16. The molecule has 2 nitrogen and oxygen atoms in total. The van der Waals surface area contributed by atoms with Gasteiger partial charge < -0.3 is 5.73 Å². The van der Waals surface area contributed by atoms with Crippen molar-refractivity contribution in [3.8, 4) is 10.6 Å². The average Bonchev–Trinajstić information content (AvgIpc) is 2.74. The van der Waals surface area contributed by atoms with Gasteiger partial charge in [0.05, 0.1) is 15.7 Å². The summed E-state index contributed by atoms with van der Waals surface area (Å²) < 4.78 is 0. The number of hydrogen-bond donors (Lipinski definition) is 1. The second-order valence-corrected chi connectivity index (χ2v) is 6.27. The highest BCUT2D eigenvalue weighted by molar-refractivity contribution is 7.15. The van der Waals surface area contributed by atoms with Gasteiger partial charge in [-0.15, -0.1) is 11.3 Å². The predicted molar refractivity (Wildman–Crippen MR) is 77.4 cm³/mol. The number of benzene rings is 1. The first-order valence-corrected chi connectivity index (χ1v) is 7.43. The van der Waals surface area contributed by atoms with Crippen molar-refractivity contribution >= 4 is 34.5 Å². The van der Waals surface area contributed by atoms with Crippen LogP contribution in [0, 0.1) is 0 Å². The smallest absolute Gasteiger partial charge is 0.126 e. The van der Waals surface area contributed by atoms with Crippen molar-refractivity contribution in [2.75, 3.05) is 0 Å². The molecular formula is C13H12Cl2N2S. The van der Waals surface area contributed by atoms with Crippen LogP contribution in [0.3, 0.4) is 0 Å². The van der Waals surface area contributed by atoms with Crippen LogP contribution in [-0.4, -0.2) is 4.98 Å². The van der Waals surface area contributed by atoms with E-state index < -0.39 is 0 Å².